The average Bonchev–Trinajstić information content (AvgIpc) is 2.83. The van der Waals surface area contributed by atoms with Gasteiger partial charge in [0.25, 0.3) is 11.8 Å². The summed E-state index contributed by atoms with van der Waals surface area (Å²) < 4.78 is 26.5. The van der Waals surface area contributed by atoms with Crippen molar-refractivity contribution in [3.8, 4) is 0 Å². The SMILES string of the molecule is O=C(NCC1CCCC1(F)F)c1cc[nH]c1. The summed E-state index contributed by atoms with van der Waals surface area (Å²) in [5.41, 5.74) is 0.473. The van der Waals surface area contributed by atoms with Gasteiger partial charge < -0.3 is 10.3 Å². The minimum atomic E-state index is -2.62. The number of halogens is 2. The summed E-state index contributed by atoms with van der Waals surface area (Å²) in [7, 11) is 0. The molecule has 2 rings (SSSR count). The molecule has 88 valence electrons. The molecule has 1 heterocycles. The molecule has 16 heavy (non-hydrogen) atoms. The van der Waals surface area contributed by atoms with Crippen molar-refractivity contribution in [2.45, 2.75) is 25.2 Å². The number of aromatic amines is 1. The molecular formula is C11H14F2N2O. The molecule has 0 bridgehead atoms. The van der Waals surface area contributed by atoms with Crippen molar-refractivity contribution in [2.24, 2.45) is 5.92 Å². The Labute approximate surface area is 92.2 Å². The number of hydrogen-bond acceptors (Lipinski definition) is 1. The van der Waals surface area contributed by atoms with Gasteiger partial charge in [0.1, 0.15) is 0 Å². The summed E-state index contributed by atoms with van der Waals surface area (Å²) in [6, 6.07) is 1.61. The molecule has 0 aromatic carbocycles. The third kappa shape index (κ3) is 2.23. The van der Waals surface area contributed by atoms with Crippen LogP contribution in [0.15, 0.2) is 18.5 Å². The molecule has 1 amide bonds. The predicted octanol–water partition coefficient (Wildman–Crippen LogP) is 2.18. The largest absolute Gasteiger partial charge is 0.367 e. The molecule has 0 aliphatic heterocycles. The second kappa shape index (κ2) is 4.23. The molecule has 2 N–H and O–H groups in total. The Balaban J connectivity index is 1.86. The van der Waals surface area contributed by atoms with Crippen LogP contribution in [0.25, 0.3) is 0 Å². The van der Waals surface area contributed by atoms with E-state index in [-0.39, 0.29) is 18.9 Å². The number of nitrogens with one attached hydrogen (secondary N) is 2. The van der Waals surface area contributed by atoms with Crippen molar-refractivity contribution in [3.63, 3.8) is 0 Å². The molecule has 1 atom stereocenters. The maximum absolute atomic E-state index is 13.2. The highest BCUT2D eigenvalue weighted by atomic mass is 19.3. The predicted molar refractivity (Wildman–Crippen MR) is 55.4 cm³/mol. The second-order valence-corrected chi connectivity index (χ2v) is 4.16. The normalized spacial score (nSPS) is 23.2. The number of aromatic nitrogens is 1. The molecule has 1 aromatic heterocycles. The van der Waals surface area contributed by atoms with Crippen LogP contribution in [0.1, 0.15) is 29.6 Å². The van der Waals surface area contributed by atoms with Gasteiger partial charge in [0, 0.05) is 31.3 Å². The van der Waals surface area contributed by atoms with Crippen molar-refractivity contribution in [1.82, 2.24) is 10.3 Å². The fourth-order valence-electron chi connectivity index (χ4n) is 2.03. The number of H-pyrrole nitrogens is 1. The van der Waals surface area contributed by atoms with Gasteiger partial charge in [0.15, 0.2) is 0 Å². The molecule has 0 radical (unpaired) electrons. The zero-order valence-electron chi connectivity index (χ0n) is 8.80. The van der Waals surface area contributed by atoms with E-state index in [4.69, 9.17) is 0 Å². The Bertz CT molecular complexity index is 362. The first-order chi connectivity index (χ1) is 7.59. The fourth-order valence-corrected chi connectivity index (χ4v) is 2.03. The lowest BCUT2D eigenvalue weighted by Gasteiger charge is -2.18. The summed E-state index contributed by atoms with van der Waals surface area (Å²) in [5.74, 6) is -3.63. The van der Waals surface area contributed by atoms with Gasteiger partial charge in [-0.25, -0.2) is 8.78 Å². The molecule has 1 aliphatic carbocycles. The van der Waals surface area contributed by atoms with Crippen molar-refractivity contribution in [1.29, 1.82) is 0 Å². The maximum Gasteiger partial charge on any atom is 0.252 e. The van der Waals surface area contributed by atoms with Gasteiger partial charge in [0.2, 0.25) is 0 Å². The molecule has 1 aromatic rings. The molecule has 1 saturated carbocycles. The molecule has 3 nitrogen and oxygen atoms in total. The van der Waals surface area contributed by atoms with E-state index in [0.717, 1.165) is 0 Å². The fraction of sp³-hybridized carbons (Fsp3) is 0.545. The van der Waals surface area contributed by atoms with E-state index in [9.17, 15) is 13.6 Å². The van der Waals surface area contributed by atoms with E-state index in [1.165, 1.54) is 0 Å². The van der Waals surface area contributed by atoms with E-state index in [2.05, 4.69) is 10.3 Å². The van der Waals surface area contributed by atoms with E-state index >= 15 is 0 Å². The molecule has 0 spiro atoms. The Hall–Kier alpha value is -1.39. The van der Waals surface area contributed by atoms with Gasteiger partial charge in [-0.3, -0.25) is 4.79 Å². The summed E-state index contributed by atoms with van der Waals surface area (Å²) in [6.45, 7) is 0.0526. The summed E-state index contributed by atoms with van der Waals surface area (Å²) in [6.07, 6.45) is 4.14. The first-order valence-corrected chi connectivity index (χ1v) is 5.38. The summed E-state index contributed by atoms with van der Waals surface area (Å²) >= 11 is 0. The van der Waals surface area contributed by atoms with Crippen LogP contribution in [-0.2, 0) is 0 Å². The number of amides is 1. The molecule has 1 fully saturated rings. The Morgan fingerprint density at radius 1 is 1.62 bits per heavy atom. The van der Waals surface area contributed by atoms with Gasteiger partial charge in [0.05, 0.1) is 5.56 Å². The van der Waals surface area contributed by atoms with Crippen LogP contribution in [-0.4, -0.2) is 23.4 Å². The van der Waals surface area contributed by atoms with Gasteiger partial charge >= 0.3 is 0 Å². The lowest BCUT2D eigenvalue weighted by atomic mass is 10.1. The van der Waals surface area contributed by atoms with E-state index in [1.54, 1.807) is 18.5 Å². The summed E-state index contributed by atoms with van der Waals surface area (Å²) in [5, 5.41) is 2.54. The van der Waals surface area contributed by atoms with Gasteiger partial charge in [-0.15, -0.1) is 0 Å². The Morgan fingerprint density at radius 2 is 2.44 bits per heavy atom. The van der Waals surface area contributed by atoms with Gasteiger partial charge in [-0.2, -0.15) is 0 Å². The molecule has 0 saturated heterocycles. The molecular weight excluding hydrogens is 214 g/mol. The van der Waals surface area contributed by atoms with Crippen LogP contribution in [0.5, 0.6) is 0 Å². The standard InChI is InChI=1S/C11H14F2N2O/c12-11(13)4-1-2-9(11)7-15-10(16)8-3-5-14-6-8/h3,5-6,9,14H,1-2,4,7H2,(H,15,16). The quantitative estimate of drug-likeness (QED) is 0.818. The monoisotopic (exact) mass is 228 g/mol. The number of carbonyl (C=O) groups is 1. The van der Waals surface area contributed by atoms with Gasteiger partial charge in [-0.1, -0.05) is 0 Å². The van der Waals surface area contributed by atoms with Crippen LogP contribution in [0.4, 0.5) is 8.78 Å². The van der Waals surface area contributed by atoms with Crippen molar-refractivity contribution in [3.05, 3.63) is 24.0 Å². The highest BCUT2D eigenvalue weighted by Gasteiger charge is 2.43. The summed E-state index contributed by atoms with van der Waals surface area (Å²) in [4.78, 5) is 14.2. The first kappa shape index (κ1) is 11.1. The average molecular weight is 228 g/mol. The van der Waals surface area contributed by atoms with E-state index in [1.807, 2.05) is 0 Å². The van der Waals surface area contributed by atoms with Crippen LogP contribution in [0.3, 0.4) is 0 Å². The smallest absolute Gasteiger partial charge is 0.252 e. The number of carbonyl (C=O) groups excluding carboxylic acids is 1. The van der Waals surface area contributed by atoms with E-state index in [0.29, 0.717) is 18.4 Å². The van der Waals surface area contributed by atoms with Crippen LogP contribution in [0.2, 0.25) is 0 Å². The highest BCUT2D eigenvalue weighted by molar-refractivity contribution is 5.93. The third-order valence-corrected chi connectivity index (χ3v) is 3.03. The molecule has 1 aliphatic rings. The number of rotatable bonds is 3. The van der Waals surface area contributed by atoms with Crippen LogP contribution in [0, 0.1) is 5.92 Å². The second-order valence-electron chi connectivity index (χ2n) is 4.16. The van der Waals surface area contributed by atoms with Crippen molar-refractivity contribution >= 4 is 5.91 Å². The third-order valence-electron chi connectivity index (χ3n) is 3.03. The number of alkyl halides is 2. The Morgan fingerprint density at radius 3 is 3.00 bits per heavy atom. The molecule has 5 heteroatoms. The van der Waals surface area contributed by atoms with Crippen LogP contribution < -0.4 is 5.32 Å². The lowest BCUT2D eigenvalue weighted by Crippen LogP contribution is -2.35. The highest BCUT2D eigenvalue weighted by Crippen LogP contribution is 2.39. The van der Waals surface area contributed by atoms with Gasteiger partial charge in [-0.05, 0) is 18.9 Å². The zero-order valence-corrected chi connectivity index (χ0v) is 8.80. The number of hydrogen-bond donors (Lipinski definition) is 2. The lowest BCUT2D eigenvalue weighted by molar-refractivity contribution is -0.0352. The first-order valence-electron chi connectivity index (χ1n) is 5.38. The topological polar surface area (TPSA) is 44.9 Å². The van der Waals surface area contributed by atoms with Crippen LogP contribution >= 0.6 is 0 Å². The van der Waals surface area contributed by atoms with Crippen molar-refractivity contribution in [2.75, 3.05) is 6.54 Å². The minimum Gasteiger partial charge on any atom is -0.367 e. The van der Waals surface area contributed by atoms with E-state index < -0.39 is 11.8 Å². The van der Waals surface area contributed by atoms with Crippen molar-refractivity contribution < 1.29 is 13.6 Å². The minimum absolute atomic E-state index is 0.0526. The zero-order chi connectivity index (χ0) is 11.6. The Kier molecular flexibility index (Phi) is 2.94. The maximum atomic E-state index is 13.2. The molecule has 1 unspecified atom stereocenters.